The van der Waals surface area contributed by atoms with Gasteiger partial charge in [-0.2, -0.15) is 0 Å². The number of fused-ring (bicyclic) bond motifs is 5. The summed E-state index contributed by atoms with van der Waals surface area (Å²) in [6.07, 6.45) is 5.21. The summed E-state index contributed by atoms with van der Waals surface area (Å²) in [5.74, 6) is 1.70. The molecule has 3 unspecified atom stereocenters. The number of nitrogen functional groups attached to an aromatic ring is 1. The van der Waals surface area contributed by atoms with Crippen LogP contribution in [0.2, 0.25) is 0 Å². The molecule has 5 nitrogen and oxygen atoms in total. The van der Waals surface area contributed by atoms with Crippen LogP contribution in [0.5, 0.6) is 0 Å². The van der Waals surface area contributed by atoms with E-state index in [2.05, 4.69) is 6.92 Å². The van der Waals surface area contributed by atoms with Gasteiger partial charge in [-0.25, -0.2) is 0 Å². The molecule has 1 aromatic carbocycles. The number of ketones is 1. The molecule has 2 saturated carbocycles. The number of nitro groups is 1. The van der Waals surface area contributed by atoms with Crippen molar-refractivity contribution >= 4 is 17.2 Å². The van der Waals surface area contributed by atoms with Crippen LogP contribution in [0.4, 0.5) is 11.4 Å². The van der Waals surface area contributed by atoms with E-state index in [9.17, 15) is 14.9 Å². The van der Waals surface area contributed by atoms with Crippen LogP contribution in [0.3, 0.4) is 0 Å². The first-order valence-corrected chi connectivity index (χ1v) is 8.52. The lowest BCUT2D eigenvalue weighted by Crippen LogP contribution is -2.42. The number of nitro benzene ring substituents is 1. The van der Waals surface area contributed by atoms with Gasteiger partial charge in [-0.15, -0.1) is 0 Å². The molecule has 3 aliphatic carbocycles. The summed E-state index contributed by atoms with van der Waals surface area (Å²) >= 11 is 0. The number of nitrogens with two attached hydrogens (primary N) is 1. The van der Waals surface area contributed by atoms with E-state index in [1.54, 1.807) is 6.07 Å². The van der Waals surface area contributed by atoms with Gasteiger partial charge in [-0.1, -0.05) is 13.0 Å². The summed E-state index contributed by atoms with van der Waals surface area (Å²) in [6, 6.07) is 3.68. The van der Waals surface area contributed by atoms with Crippen LogP contribution >= 0.6 is 0 Å². The van der Waals surface area contributed by atoms with Crippen molar-refractivity contribution in [1.29, 1.82) is 0 Å². The van der Waals surface area contributed by atoms with Gasteiger partial charge >= 0.3 is 0 Å². The Balaban J connectivity index is 1.77. The van der Waals surface area contributed by atoms with Crippen LogP contribution in [0.1, 0.15) is 56.1 Å². The maximum absolute atomic E-state index is 12.3. The summed E-state index contributed by atoms with van der Waals surface area (Å²) in [5, 5.41) is 11.4. The van der Waals surface area contributed by atoms with E-state index in [0.29, 0.717) is 36.4 Å². The average Bonchev–Trinajstić information content (AvgIpc) is 2.82. The Morgan fingerprint density at radius 3 is 2.78 bits per heavy atom. The molecule has 3 aliphatic rings. The molecule has 1 aromatic rings. The number of hydrogen-bond acceptors (Lipinski definition) is 4. The van der Waals surface area contributed by atoms with Crippen molar-refractivity contribution in [3.8, 4) is 0 Å². The summed E-state index contributed by atoms with van der Waals surface area (Å²) < 4.78 is 0. The molecule has 0 spiro atoms. The minimum Gasteiger partial charge on any atom is -0.393 e. The molecule has 0 saturated heterocycles. The fraction of sp³-hybridized carbons (Fsp3) is 0.611. The zero-order valence-electron chi connectivity index (χ0n) is 13.4. The van der Waals surface area contributed by atoms with Gasteiger partial charge in [0.15, 0.2) is 0 Å². The normalized spacial score (nSPS) is 35.3. The van der Waals surface area contributed by atoms with Crippen molar-refractivity contribution in [3.63, 3.8) is 0 Å². The van der Waals surface area contributed by atoms with Crippen LogP contribution in [0, 0.1) is 27.4 Å². The van der Waals surface area contributed by atoms with E-state index in [4.69, 9.17) is 5.73 Å². The lowest BCUT2D eigenvalue weighted by molar-refractivity contribution is -0.384. The minimum absolute atomic E-state index is 0.108. The topological polar surface area (TPSA) is 86.2 Å². The summed E-state index contributed by atoms with van der Waals surface area (Å²) in [5.41, 5.74) is 8.02. The molecule has 23 heavy (non-hydrogen) atoms. The number of rotatable bonds is 1. The predicted molar refractivity (Wildman–Crippen MR) is 87.1 cm³/mol. The molecular weight excluding hydrogens is 292 g/mol. The average molecular weight is 314 g/mol. The van der Waals surface area contributed by atoms with Crippen molar-refractivity contribution in [2.75, 3.05) is 5.73 Å². The second-order valence-electron chi connectivity index (χ2n) is 7.66. The first-order chi connectivity index (χ1) is 10.9. The molecule has 4 atom stereocenters. The Bertz CT molecular complexity index is 714. The van der Waals surface area contributed by atoms with Crippen LogP contribution in [-0.4, -0.2) is 10.7 Å². The number of nitrogens with zero attached hydrogens (tertiary/aromatic N) is 1. The zero-order chi connectivity index (χ0) is 16.4. The van der Waals surface area contributed by atoms with E-state index < -0.39 is 0 Å². The number of benzene rings is 1. The highest BCUT2D eigenvalue weighted by Crippen LogP contribution is 2.60. The third-order valence-corrected chi connectivity index (χ3v) is 6.81. The lowest BCUT2D eigenvalue weighted by atomic mass is 9.55. The highest BCUT2D eigenvalue weighted by molar-refractivity contribution is 5.87. The van der Waals surface area contributed by atoms with Crippen molar-refractivity contribution in [1.82, 2.24) is 0 Å². The third-order valence-electron chi connectivity index (χ3n) is 6.81. The van der Waals surface area contributed by atoms with Gasteiger partial charge in [0, 0.05) is 17.4 Å². The summed E-state index contributed by atoms with van der Waals surface area (Å²) in [6.45, 7) is 2.14. The number of anilines is 1. The number of carbonyl (C=O) groups is 1. The van der Waals surface area contributed by atoms with Gasteiger partial charge in [0.25, 0.3) is 5.69 Å². The summed E-state index contributed by atoms with van der Waals surface area (Å²) in [7, 11) is 0. The summed E-state index contributed by atoms with van der Waals surface area (Å²) in [4.78, 5) is 23.4. The first-order valence-electron chi connectivity index (χ1n) is 8.52. The Kier molecular flexibility index (Phi) is 3.06. The van der Waals surface area contributed by atoms with Crippen LogP contribution < -0.4 is 5.73 Å². The maximum atomic E-state index is 12.3. The van der Waals surface area contributed by atoms with E-state index in [1.165, 1.54) is 0 Å². The predicted octanol–water partition coefficient (Wildman–Crippen LogP) is 3.60. The molecule has 0 heterocycles. The van der Waals surface area contributed by atoms with Gasteiger partial charge in [-0.05, 0) is 61.5 Å². The molecule has 2 N–H and O–H groups in total. The van der Waals surface area contributed by atoms with Crippen LogP contribution in [-0.2, 0) is 11.2 Å². The third kappa shape index (κ3) is 1.88. The smallest absolute Gasteiger partial charge is 0.295 e. The number of hydrogen-bond donors (Lipinski definition) is 1. The molecule has 0 aromatic heterocycles. The van der Waals surface area contributed by atoms with Crippen molar-refractivity contribution in [3.05, 3.63) is 33.4 Å². The van der Waals surface area contributed by atoms with E-state index in [1.807, 2.05) is 6.07 Å². The highest BCUT2D eigenvalue weighted by Gasteiger charge is 2.55. The number of Topliss-reactive ketones (excluding diaryl/α,β-unsaturated/α-hetero) is 1. The molecule has 0 radical (unpaired) electrons. The van der Waals surface area contributed by atoms with Crippen LogP contribution in [0.25, 0.3) is 0 Å². The molecule has 0 bridgehead atoms. The molecule has 5 heteroatoms. The van der Waals surface area contributed by atoms with E-state index in [0.717, 1.165) is 36.8 Å². The lowest BCUT2D eigenvalue weighted by Gasteiger charge is -2.48. The second-order valence-corrected chi connectivity index (χ2v) is 7.66. The molecule has 0 amide bonds. The molecule has 2 fully saturated rings. The number of carbonyl (C=O) groups excluding carboxylic acids is 1. The Labute approximate surface area is 135 Å². The van der Waals surface area contributed by atoms with Crippen LogP contribution in [0.15, 0.2) is 12.1 Å². The monoisotopic (exact) mass is 314 g/mol. The fourth-order valence-corrected chi connectivity index (χ4v) is 5.65. The SMILES string of the molecule is C[C@]12CCC3c4ccc(N)c([N+](=O)[O-])c4CCC3C1CCC2=O. The molecular formula is C18H22N2O3. The second kappa shape index (κ2) is 4.79. The van der Waals surface area contributed by atoms with Crippen molar-refractivity contribution in [2.24, 2.45) is 17.3 Å². The quantitative estimate of drug-likeness (QED) is 0.487. The maximum Gasteiger partial charge on any atom is 0.295 e. The van der Waals surface area contributed by atoms with Gasteiger partial charge < -0.3 is 5.73 Å². The van der Waals surface area contributed by atoms with E-state index >= 15 is 0 Å². The van der Waals surface area contributed by atoms with Gasteiger partial charge in [0.05, 0.1) is 4.92 Å². The minimum atomic E-state index is -0.333. The fourth-order valence-electron chi connectivity index (χ4n) is 5.65. The zero-order valence-corrected chi connectivity index (χ0v) is 13.4. The van der Waals surface area contributed by atoms with Gasteiger partial charge in [0.1, 0.15) is 11.5 Å². The van der Waals surface area contributed by atoms with Gasteiger partial charge in [0.2, 0.25) is 0 Å². The standard InChI is InChI=1S/C18H22N2O3/c1-18-9-8-11-10-4-6-15(19)17(20(22)23)13(10)3-2-12(11)14(18)5-7-16(18)21/h4,6,11-12,14H,2-3,5,7-9,19H2,1H3/t11?,12?,14?,18-/m0/s1. The molecule has 0 aliphatic heterocycles. The highest BCUT2D eigenvalue weighted by atomic mass is 16.6. The molecule has 122 valence electrons. The Morgan fingerprint density at radius 2 is 2.04 bits per heavy atom. The largest absolute Gasteiger partial charge is 0.393 e. The van der Waals surface area contributed by atoms with Gasteiger partial charge in [-0.3, -0.25) is 14.9 Å². The molecule has 4 rings (SSSR count). The van der Waals surface area contributed by atoms with E-state index in [-0.39, 0.29) is 21.7 Å². The van der Waals surface area contributed by atoms with Crippen molar-refractivity contribution in [2.45, 2.75) is 51.4 Å². The van der Waals surface area contributed by atoms with Crippen molar-refractivity contribution < 1.29 is 9.72 Å². The first kappa shape index (κ1) is 14.7. The Morgan fingerprint density at radius 1 is 1.26 bits per heavy atom. The Hall–Kier alpha value is -1.91.